The first-order chi connectivity index (χ1) is 7.60. The lowest BCUT2D eigenvalue weighted by atomic mass is 10.0. The van der Waals surface area contributed by atoms with Crippen LogP contribution in [-0.4, -0.2) is 29.2 Å². The number of carbonyl (C=O) groups excluding carboxylic acids is 1. The minimum atomic E-state index is 0.128. The van der Waals surface area contributed by atoms with Gasteiger partial charge in [0.25, 0.3) is 5.91 Å². The van der Waals surface area contributed by atoms with Crippen LogP contribution in [0.25, 0.3) is 0 Å². The lowest BCUT2D eigenvalue weighted by Gasteiger charge is -2.21. The van der Waals surface area contributed by atoms with E-state index in [1.54, 1.807) is 0 Å². The highest BCUT2D eigenvalue weighted by Crippen LogP contribution is 2.13. The molecule has 1 rings (SSSR count). The van der Waals surface area contributed by atoms with Crippen LogP contribution >= 0.6 is 15.9 Å². The molecule has 0 radical (unpaired) electrons. The Morgan fingerprint density at radius 2 is 2.06 bits per heavy atom. The maximum Gasteiger partial charge on any atom is 0.254 e. The van der Waals surface area contributed by atoms with Crippen molar-refractivity contribution < 1.29 is 4.79 Å². The van der Waals surface area contributed by atoms with E-state index in [1.165, 1.54) is 0 Å². The fourth-order valence-corrected chi connectivity index (χ4v) is 2.07. The SMILES string of the molecule is CCN(CCBr)C(=O)c1cc(C)ccc1C. The van der Waals surface area contributed by atoms with Crippen molar-refractivity contribution in [3.8, 4) is 0 Å². The first-order valence-electron chi connectivity index (χ1n) is 5.52. The number of hydrogen-bond acceptors (Lipinski definition) is 1. The third-order valence-corrected chi connectivity index (χ3v) is 3.00. The van der Waals surface area contributed by atoms with Gasteiger partial charge in [0.1, 0.15) is 0 Å². The lowest BCUT2D eigenvalue weighted by Crippen LogP contribution is -2.32. The van der Waals surface area contributed by atoms with Gasteiger partial charge >= 0.3 is 0 Å². The number of nitrogens with zero attached hydrogens (tertiary/aromatic N) is 1. The van der Waals surface area contributed by atoms with E-state index in [9.17, 15) is 4.79 Å². The molecule has 16 heavy (non-hydrogen) atoms. The molecule has 0 aromatic heterocycles. The number of carbonyl (C=O) groups is 1. The van der Waals surface area contributed by atoms with E-state index in [-0.39, 0.29) is 5.91 Å². The quantitative estimate of drug-likeness (QED) is 0.778. The van der Waals surface area contributed by atoms with E-state index < -0.39 is 0 Å². The van der Waals surface area contributed by atoms with Crippen LogP contribution in [0, 0.1) is 13.8 Å². The van der Waals surface area contributed by atoms with Gasteiger partial charge in [-0.15, -0.1) is 0 Å². The molecule has 0 atom stereocenters. The van der Waals surface area contributed by atoms with E-state index in [0.717, 1.165) is 35.1 Å². The molecule has 0 heterocycles. The van der Waals surface area contributed by atoms with E-state index in [4.69, 9.17) is 0 Å². The minimum absolute atomic E-state index is 0.128. The third-order valence-electron chi connectivity index (χ3n) is 2.65. The van der Waals surface area contributed by atoms with Gasteiger partial charge in [-0.25, -0.2) is 0 Å². The highest BCUT2D eigenvalue weighted by Gasteiger charge is 2.15. The Bertz CT molecular complexity index is 376. The summed E-state index contributed by atoms with van der Waals surface area (Å²) < 4.78 is 0. The summed E-state index contributed by atoms with van der Waals surface area (Å²) in [6.45, 7) is 7.50. The highest BCUT2D eigenvalue weighted by molar-refractivity contribution is 9.09. The Morgan fingerprint density at radius 1 is 1.38 bits per heavy atom. The zero-order chi connectivity index (χ0) is 12.1. The van der Waals surface area contributed by atoms with Crippen molar-refractivity contribution in [1.29, 1.82) is 0 Å². The van der Waals surface area contributed by atoms with Gasteiger partial charge in [-0.05, 0) is 32.4 Å². The van der Waals surface area contributed by atoms with Crippen molar-refractivity contribution in [1.82, 2.24) is 4.90 Å². The van der Waals surface area contributed by atoms with Gasteiger partial charge in [-0.2, -0.15) is 0 Å². The summed E-state index contributed by atoms with van der Waals surface area (Å²) in [5, 5.41) is 0.817. The van der Waals surface area contributed by atoms with Gasteiger partial charge in [-0.3, -0.25) is 4.79 Å². The summed E-state index contributed by atoms with van der Waals surface area (Å²) >= 11 is 3.37. The molecule has 1 aromatic rings. The smallest absolute Gasteiger partial charge is 0.254 e. The number of rotatable bonds is 4. The molecule has 0 bridgehead atoms. The van der Waals surface area contributed by atoms with Gasteiger partial charge in [0.15, 0.2) is 0 Å². The molecule has 0 unspecified atom stereocenters. The Morgan fingerprint density at radius 3 is 2.62 bits per heavy atom. The summed E-state index contributed by atoms with van der Waals surface area (Å²) in [7, 11) is 0. The topological polar surface area (TPSA) is 20.3 Å². The predicted molar refractivity (Wildman–Crippen MR) is 71.3 cm³/mol. The molecular formula is C13H18BrNO. The molecule has 1 aromatic carbocycles. The third kappa shape index (κ3) is 3.08. The zero-order valence-electron chi connectivity index (χ0n) is 10.1. The summed E-state index contributed by atoms with van der Waals surface area (Å²) in [6.07, 6.45) is 0. The largest absolute Gasteiger partial charge is 0.338 e. The Kier molecular flexibility index (Phi) is 5.00. The second kappa shape index (κ2) is 6.04. The van der Waals surface area contributed by atoms with Crippen molar-refractivity contribution >= 4 is 21.8 Å². The molecule has 0 spiro atoms. The van der Waals surface area contributed by atoms with Gasteiger partial charge in [0.2, 0.25) is 0 Å². The Hall–Kier alpha value is -0.830. The number of amides is 1. The van der Waals surface area contributed by atoms with Crippen molar-refractivity contribution in [3.05, 3.63) is 34.9 Å². The van der Waals surface area contributed by atoms with Crippen LogP contribution in [0.4, 0.5) is 0 Å². The first-order valence-corrected chi connectivity index (χ1v) is 6.64. The van der Waals surface area contributed by atoms with Crippen molar-refractivity contribution in [2.24, 2.45) is 0 Å². The summed E-state index contributed by atoms with van der Waals surface area (Å²) in [4.78, 5) is 14.1. The minimum Gasteiger partial charge on any atom is -0.338 e. The van der Waals surface area contributed by atoms with Crippen LogP contribution in [0.2, 0.25) is 0 Å². The summed E-state index contributed by atoms with van der Waals surface area (Å²) in [6, 6.07) is 6.01. The van der Waals surface area contributed by atoms with Gasteiger partial charge in [0.05, 0.1) is 0 Å². The molecule has 0 fully saturated rings. The highest BCUT2D eigenvalue weighted by atomic mass is 79.9. The second-order valence-electron chi connectivity index (χ2n) is 3.89. The van der Waals surface area contributed by atoms with Crippen LogP contribution in [-0.2, 0) is 0 Å². The molecule has 0 aliphatic heterocycles. The Balaban J connectivity index is 2.98. The maximum atomic E-state index is 12.2. The summed E-state index contributed by atoms with van der Waals surface area (Å²) in [5.74, 6) is 0.128. The van der Waals surface area contributed by atoms with E-state index >= 15 is 0 Å². The van der Waals surface area contributed by atoms with E-state index in [1.807, 2.05) is 43.9 Å². The van der Waals surface area contributed by atoms with Crippen LogP contribution in [0.3, 0.4) is 0 Å². The standard InChI is InChI=1S/C13H18BrNO/c1-4-15(8-7-14)13(16)12-9-10(2)5-6-11(12)3/h5-6,9H,4,7-8H2,1-3H3. The molecule has 1 amide bonds. The van der Waals surface area contributed by atoms with Crippen molar-refractivity contribution in [2.45, 2.75) is 20.8 Å². The average molecular weight is 284 g/mol. The van der Waals surface area contributed by atoms with Gasteiger partial charge < -0.3 is 4.90 Å². The number of benzene rings is 1. The number of hydrogen-bond donors (Lipinski definition) is 0. The normalized spacial score (nSPS) is 10.2. The molecule has 2 nitrogen and oxygen atoms in total. The fraction of sp³-hybridized carbons (Fsp3) is 0.462. The van der Waals surface area contributed by atoms with Crippen LogP contribution in [0.15, 0.2) is 18.2 Å². The number of alkyl halides is 1. The van der Waals surface area contributed by atoms with E-state index in [0.29, 0.717) is 0 Å². The predicted octanol–water partition coefficient (Wildman–Crippen LogP) is 3.16. The average Bonchev–Trinajstić information content (AvgIpc) is 2.28. The Labute approximate surface area is 106 Å². The molecular weight excluding hydrogens is 266 g/mol. The lowest BCUT2D eigenvalue weighted by molar-refractivity contribution is 0.0774. The van der Waals surface area contributed by atoms with E-state index in [2.05, 4.69) is 15.9 Å². The fourth-order valence-electron chi connectivity index (χ4n) is 1.64. The van der Waals surface area contributed by atoms with Crippen LogP contribution in [0.5, 0.6) is 0 Å². The van der Waals surface area contributed by atoms with Crippen LogP contribution in [0.1, 0.15) is 28.4 Å². The first kappa shape index (κ1) is 13.2. The second-order valence-corrected chi connectivity index (χ2v) is 4.69. The monoisotopic (exact) mass is 283 g/mol. The van der Waals surface area contributed by atoms with Crippen molar-refractivity contribution in [3.63, 3.8) is 0 Å². The molecule has 0 saturated heterocycles. The molecule has 88 valence electrons. The maximum absolute atomic E-state index is 12.2. The zero-order valence-corrected chi connectivity index (χ0v) is 11.7. The molecule has 0 saturated carbocycles. The van der Waals surface area contributed by atoms with Gasteiger partial charge in [0, 0.05) is 24.0 Å². The molecule has 0 N–H and O–H groups in total. The number of halogens is 1. The van der Waals surface area contributed by atoms with Crippen LogP contribution < -0.4 is 0 Å². The molecule has 3 heteroatoms. The number of aryl methyl sites for hydroxylation is 2. The molecule has 0 aliphatic carbocycles. The van der Waals surface area contributed by atoms with Gasteiger partial charge in [-0.1, -0.05) is 33.6 Å². The van der Waals surface area contributed by atoms with Crippen molar-refractivity contribution in [2.75, 3.05) is 18.4 Å². The summed E-state index contributed by atoms with van der Waals surface area (Å²) in [5.41, 5.74) is 3.00. The molecule has 0 aliphatic rings.